The number of hydrogen-bond donors (Lipinski definition) is 3. The molecular formula is C11H17ClN4O2S. The lowest BCUT2D eigenvalue weighted by Gasteiger charge is -2.23. The van der Waals surface area contributed by atoms with Gasteiger partial charge in [0.05, 0.1) is 0 Å². The molecule has 0 atom stereocenters. The summed E-state index contributed by atoms with van der Waals surface area (Å²) >= 11 is 0. The lowest BCUT2D eigenvalue weighted by molar-refractivity contribution is 0.463. The van der Waals surface area contributed by atoms with E-state index in [1.807, 2.05) is 0 Å². The number of nitrogens with one attached hydrogen (secondary N) is 2. The second kappa shape index (κ2) is 5.46. The number of nitrogens with two attached hydrogens (primary N) is 1. The molecule has 6 nitrogen and oxygen atoms in total. The third-order valence-corrected chi connectivity index (χ3v) is 4.36. The first kappa shape index (κ1) is 15.9. The summed E-state index contributed by atoms with van der Waals surface area (Å²) in [4.78, 5) is 7.08. The largest absolute Gasteiger partial charge is 0.345 e. The third kappa shape index (κ3) is 3.24. The van der Waals surface area contributed by atoms with E-state index >= 15 is 0 Å². The van der Waals surface area contributed by atoms with Crippen molar-refractivity contribution in [3.63, 3.8) is 0 Å². The molecule has 2 rings (SSSR count). The Morgan fingerprint density at radius 2 is 2.16 bits per heavy atom. The highest BCUT2D eigenvalue weighted by Crippen LogP contribution is 2.21. The van der Waals surface area contributed by atoms with E-state index in [2.05, 4.69) is 14.7 Å². The smallest absolute Gasteiger partial charge is 0.243 e. The topological polar surface area (TPSA) is 101 Å². The molecule has 106 valence electrons. The number of aromatic nitrogens is 2. The Bertz CT molecular complexity index is 666. The van der Waals surface area contributed by atoms with E-state index in [-0.39, 0.29) is 23.8 Å². The van der Waals surface area contributed by atoms with Crippen LogP contribution >= 0.6 is 12.4 Å². The third-order valence-electron chi connectivity index (χ3n) is 2.62. The number of nitrogens with zero attached hydrogens (tertiary/aromatic N) is 1. The standard InChI is InChI=1S/C11H16N4O2S.ClH/c1-11(2,7-12)15-18(16,17)9-6-14-10-8(9)4-3-5-13-10;/h3-6,15H,7,12H2,1-2H3,(H,13,14);1H. The molecule has 4 N–H and O–H groups in total. The van der Waals surface area contributed by atoms with Crippen molar-refractivity contribution in [3.8, 4) is 0 Å². The molecule has 0 radical (unpaired) electrons. The highest BCUT2D eigenvalue weighted by molar-refractivity contribution is 7.89. The molecule has 0 unspecified atom stereocenters. The number of fused-ring (bicyclic) bond motifs is 1. The van der Waals surface area contributed by atoms with Gasteiger partial charge in [-0.25, -0.2) is 18.1 Å². The molecule has 0 aliphatic heterocycles. The van der Waals surface area contributed by atoms with Crippen LogP contribution in [0.5, 0.6) is 0 Å². The number of rotatable bonds is 4. The fourth-order valence-corrected chi connectivity index (χ4v) is 3.20. The van der Waals surface area contributed by atoms with Crippen LogP contribution in [0.2, 0.25) is 0 Å². The Labute approximate surface area is 118 Å². The van der Waals surface area contributed by atoms with Crippen LogP contribution in [-0.2, 0) is 10.0 Å². The second-order valence-corrected chi connectivity index (χ2v) is 6.40. The Hall–Kier alpha value is -1.15. The van der Waals surface area contributed by atoms with Crippen molar-refractivity contribution in [2.75, 3.05) is 6.54 Å². The first-order chi connectivity index (χ1) is 8.36. The number of sulfonamides is 1. The molecule has 0 aliphatic rings. The molecule has 2 heterocycles. The van der Waals surface area contributed by atoms with Crippen LogP contribution < -0.4 is 10.5 Å². The van der Waals surface area contributed by atoms with Crippen LogP contribution in [0.1, 0.15) is 13.8 Å². The van der Waals surface area contributed by atoms with Gasteiger partial charge in [-0.05, 0) is 26.0 Å². The molecule has 0 amide bonds. The van der Waals surface area contributed by atoms with Gasteiger partial charge in [-0.3, -0.25) is 0 Å². The van der Waals surface area contributed by atoms with Gasteiger partial charge < -0.3 is 10.7 Å². The maximum absolute atomic E-state index is 12.3. The Morgan fingerprint density at radius 1 is 1.47 bits per heavy atom. The van der Waals surface area contributed by atoms with Crippen molar-refractivity contribution in [2.45, 2.75) is 24.3 Å². The van der Waals surface area contributed by atoms with Crippen LogP contribution in [0.15, 0.2) is 29.4 Å². The van der Waals surface area contributed by atoms with Gasteiger partial charge in [0.2, 0.25) is 10.0 Å². The molecule has 0 saturated heterocycles. The molecule has 0 spiro atoms. The monoisotopic (exact) mass is 304 g/mol. The van der Waals surface area contributed by atoms with Gasteiger partial charge in [0.25, 0.3) is 0 Å². The zero-order valence-corrected chi connectivity index (χ0v) is 12.3. The van der Waals surface area contributed by atoms with Gasteiger partial charge in [0, 0.05) is 29.9 Å². The van der Waals surface area contributed by atoms with E-state index in [0.29, 0.717) is 11.0 Å². The van der Waals surface area contributed by atoms with Crippen molar-refractivity contribution in [2.24, 2.45) is 5.73 Å². The van der Waals surface area contributed by atoms with Crippen molar-refractivity contribution in [1.29, 1.82) is 0 Å². The number of pyridine rings is 1. The SMILES string of the molecule is CC(C)(CN)NS(=O)(=O)c1c[nH]c2ncccc12.Cl. The summed E-state index contributed by atoms with van der Waals surface area (Å²) in [6.07, 6.45) is 3.04. The lowest BCUT2D eigenvalue weighted by atomic mass is 10.1. The van der Waals surface area contributed by atoms with Crippen molar-refractivity contribution in [3.05, 3.63) is 24.5 Å². The first-order valence-corrected chi connectivity index (χ1v) is 7.00. The van der Waals surface area contributed by atoms with Gasteiger partial charge in [-0.1, -0.05) is 0 Å². The summed E-state index contributed by atoms with van der Waals surface area (Å²) < 4.78 is 27.1. The van der Waals surface area contributed by atoms with E-state index in [1.54, 1.807) is 32.2 Å². The van der Waals surface area contributed by atoms with Gasteiger partial charge in [-0.15, -0.1) is 12.4 Å². The Kier molecular flexibility index (Phi) is 4.57. The number of aromatic amines is 1. The maximum Gasteiger partial charge on any atom is 0.243 e. The fraction of sp³-hybridized carbons (Fsp3) is 0.364. The van der Waals surface area contributed by atoms with Crippen LogP contribution in [0, 0.1) is 0 Å². The van der Waals surface area contributed by atoms with E-state index in [1.165, 1.54) is 6.20 Å². The predicted octanol–water partition coefficient (Wildman–Crippen LogP) is 1.00. The molecule has 2 aromatic heterocycles. The maximum atomic E-state index is 12.3. The van der Waals surface area contributed by atoms with Gasteiger partial charge >= 0.3 is 0 Å². The number of hydrogen-bond acceptors (Lipinski definition) is 4. The highest BCUT2D eigenvalue weighted by Gasteiger charge is 2.27. The minimum atomic E-state index is -3.61. The average molecular weight is 305 g/mol. The number of H-pyrrole nitrogens is 1. The molecule has 8 heteroatoms. The van der Waals surface area contributed by atoms with Crippen LogP contribution in [0.4, 0.5) is 0 Å². The molecule has 2 aromatic rings. The predicted molar refractivity (Wildman–Crippen MR) is 76.8 cm³/mol. The zero-order valence-electron chi connectivity index (χ0n) is 10.7. The molecule has 0 aromatic carbocycles. The van der Waals surface area contributed by atoms with Crippen LogP contribution in [0.3, 0.4) is 0 Å². The fourth-order valence-electron chi connectivity index (χ4n) is 1.61. The summed E-state index contributed by atoms with van der Waals surface area (Å²) in [7, 11) is -3.61. The summed E-state index contributed by atoms with van der Waals surface area (Å²) in [5.41, 5.74) is 5.39. The van der Waals surface area contributed by atoms with Crippen molar-refractivity contribution in [1.82, 2.24) is 14.7 Å². The van der Waals surface area contributed by atoms with Gasteiger partial charge in [0.15, 0.2) is 0 Å². The van der Waals surface area contributed by atoms with Gasteiger partial charge in [0.1, 0.15) is 10.5 Å². The molecule has 19 heavy (non-hydrogen) atoms. The average Bonchev–Trinajstić information content (AvgIpc) is 2.72. The highest BCUT2D eigenvalue weighted by atomic mass is 35.5. The lowest BCUT2D eigenvalue weighted by Crippen LogP contribution is -2.48. The first-order valence-electron chi connectivity index (χ1n) is 5.52. The van der Waals surface area contributed by atoms with E-state index in [9.17, 15) is 8.42 Å². The van der Waals surface area contributed by atoms with Gasteiger partial charge in [-0.2, -0.15) is 0 Å². The van der Waals surface area contributed by atoms with E-state index in [4.69, 9.17) is 5.73 Å². The van der Waals surface area contributed by atoms with Crippen molar-refractivity contribution >= 4 is 33.5 Å². The Balaban J connectivity index is 0.00000180. The Morgan fingerprint density at radius 3 is 2.79 bits per heavy atom. The minimum absolute atomic E-state index is 0. The molecule has 0 saturated carbocycles. The summed E-state index contributed by atoms with van der Waals surface area (Å²) in [6, 6.07) is 3.41. The second-order valence-electron chi connectivity index (χ2n) is 4.75. The summed E-state index contributed by atoms with van der Waals surface area (Å²) in [5.74, 6) is 0. The van der Waals surface area contributed by atoms with Crippen molar-refractivity contribution < 1.29 is 8.42 Å². The molecular weight excluding hydrogens is 288 g/mol. The number of halogens is 1. The normalized spacial score (nSPS) is 12.4. The summed E-state index contributed by atoms with van der Waals surface area (Å²) in [5, 5.41) is 0.567. The minimum Gasteiger partial charge on any atom is -0.345 e. The van der Waals surface area contributed by atoms with E-state index in [0.717, 1.165) is 0 Å². The quantitative estimate of drug-likeness (QED) is 0.784. The molecule has 0 fully saturated rings. The van der Waals surface area contributed by atoms with Crippen LogP contribution in [0.25, 0.3) is 11.0 Å². The van der Waals surface area contributed by atoms with E-state index < -0.39 is 15.6 Å². The molecule has 0 aliphatic carbocycles. The van der Waals surface area contributed by atoms with Crippen LogP contribution in [-0.4, -0.2) is 30.5 Å². The molecule has 0 bridgehead atoms. The zero-order chi connectivity index (χ0) is 13.4. The summed E-state index contributed by atoms with van der Waals surface area (Å²) in [6.45, 7) is 3.68.